The lowest BCUT2D eigenvalue weighted by atomic mass is 9.93. The fraction of sp³-hybridized carbons (Fsp3) is 0.333. The van der Waals surface area contributed by atoms with Crippen molar-refractivity contribution in [3.63, 3.8) is 0 Å². The Labute approximate surface area is 126 Å². The van der Waals surface area contributed by atoms with Crippen molar-refractivity contribution in [3.05, 3.63) is 64.5 Å². The van der Waals surface area contributed by atoms with E-state index in [1.807, 2.05) is 13.1 Å². The summed E-state index contributed by atoms with van der Waals surface area (Å²) in [5, 5.41) is 3.28. The van der Waals surface area contributed by atoms with Gasteiger partial charge in [0.15, 0.2) is 11.6 Å². The molecule has 0 spiro atoms. The van der Waals surface area contributed by atoms with Crippen LogP contribution in [0.15, 0.2) is 36.4 Å². The number of likely N-dealkylation sites (N-methyl/N-ethyl adjacent to an activating group) is 1. The molecule has 0 aromatic heterocycles. The molecule has 1 unspecified atom stereocenters. The van der Waals surface area contributed by atoms with E-state index in [0.29, 0.717) is 0 Å². The van der Waals surface area contributed by atoms with Crippen LogP contribution in [-0.2, 0) is 6.42 Å². The molecule has 2 rings (SSSR count). The third-order valence-corrected chi connectivity index (χ3v) is 3.98. The van der Waals surface area contributed by atoms with Gasteiger partial charge in [0.05, 0.1) is 7.11 Å². The number of hydrogen-bond acceptors (Lipinski definition) is 2. The Kier molecular flexibility index (Phi) is 4.97. The molecule has 0 radical (unpaired) electrons. The van der Waals surface area contributed by atoms with Gasteiger partial charge in [0, 0.05) is 6.04 Å². The predicted molar refractivity (Wildman–Crippen MR) is 84.4 cm³/mol. The molecule has 3 heteroatoms. The third kappa shape index (κ3) is 3.42. The number of nitrogens with one attached hydrogen (secondary N) is 1. The van der Waals surface area contributed by atoms with Crippen LogP contribution < -0.4 is 10.1 Å². The Morgan fingerprint density at radius 1 is 1.14 bits per heavy atom. The highest BCUT2D eigenvalue weighted by molar-refractivity contribution is 5.37. The average Bonchev–Trinajstić information content (AvgIpc) is 2.47. The summed E-state index contributed by atoms with van der Waals surface area (Å²) in [4.78, 5) is 0. The van der Waals surface area contributed by atoms with E-state index in [-0.39, 0.29) is 17.6 Å². The first kappa shape index (κ1) is 15.5. The maximum atomic E-state index is 13.9. The topological polar surface area (TPSA) is 21.3 Å². The Hall–Kier alpha value is -1.87. The van der Waals surface area contributed by atoms with Crippen LogP contribution >= 0.6 is 0 Å². The van der Waals surface area contributed by atoms with E-state index >= 15 is 0 Å². The Bertz CT molecular complexity index is 604. The minimum absolute atomic E-state index is 0.0743. The molecule has 0 saturated carbocycles. The normalized spacial score (nSPS) is 12.2. The largest absolute Gasteiger partial charge is 0.494 e. The summed E-state index contributed by atoms with van der Waals surface area (Å²) < 4.78 is 18.9. The van der Waals surface area contributed by atoms with Crippen LogP contribution in [0.5, 0.6) is 5.75 Å². The molecule has 0 fully saturated rings. The molecule has 1 atom stereocenters. The molecule has 0 aliphatic rings. The van der Waals surface area contributed by atoms with Crippen LogP contribution in [0.2, 0.25) is 0 Å². The van der Waals surface area contributed by atoms with Crippen LogP contribution in [0.4, 0.5) is 4.39 Å². The van der Waals surface area contributed by atoms with Gasteiger partial charge < -0.3 is 10.1 Å². The summed E-state index contributed by atoms with van der Waals surface area (Å²) in [6, 6.07) is 11.5. The molecule has 1 N–H and O–H groups in total. The first-order valence-electron chi connectivity index (χ1n) is 7.12. The van der Waals surface area contributed by atoms with Crippen LogP contribution in [0.1, 0.15) is 28.3 Å². The molecular formula is C18H22FNO. The lowest BCUT2D eigenvalue weighted by Gasteiger charge is -2.20. The number of rotatable bonds is 5. The second-order valence-corrected chi connectivity index (χ2v) is 5.31. The summed E-state index contributed by atoms with van der Waals surface area (Å²) in [6.07, 6.45) is 0.834. The third-order valence-electron chi connectivity index (χ3n) is 3.98. The highest BCUT2D eigenvalue weighted by Crippen LogP contribution is 2.26. The minimum atomic E-state index is -0.322. The summed E-state index contributed by atoms with van der Waals surface area (Å²) >= 11 is 0. The monoisotopic (exact) mass is 287 g/mol. The smallest absolute Gasteiger partial charge is 0.165 e. The van der Waals surface area contributed by atoms with Crippen molar-refractivity contribution >= 4 is 0 Å². The van der Waals surface area contributed by atoms with Crippen molar-refractivity contribution in [1.82, 2.24) is 5.32 Å². The molecule has 2 aromatic rings. The van der Waals surface area contributed by atoms with E-state index in [1.165, 1.54) is 23.8 Å². The fourth-order valence-corrected chi connectivity index (χ4v) is 2.66. The number of ether oxygens (including phenoxy) is 1. The Morgan fingerprint density at radius 2 is 1.81 bits per heavy atom. The maximum Gasteiger partial charge on any atom is 0.165 e. The van der Waals surface area contributed by atoms with Gasteiger partial charge >= 0.3 is 0 Å². The van der Waals surface area contributed by atoms with Gasteiger partial charge in [0.1, 0.15) is 0 Å². The van der Waals surface area contributed by atoms with Gasteiger partial charge in [-0.05, 0) is 61.7 Å². The van der Waals surface area contributed by atoms with Gasteiger partial charge in [0.25, 0.3) is 0 Å². The zero-order valence-electron chi connectivity index (χ0n) is 13.0. The number of hydrogen-bond donors (Lipinski definition) is 1. The zero-order chi connectivity index (χ0) is 15.4. The second kappa shape index (κ2) is 6.72. The Morgan fingerprint density at radius 3 is 2.33 bits per heavy atom. The molecule has 2 aromatic carbocycles. The fourth-order valence-electron chi connectivity index (χ4n) is 2.66. The van der Waals surface area contributed by atoms with E-state index < -0.39 is 0 Å². The zero-order valence-corrected chi connectivity index (χ0v) is 13.0. The van der Waals surface area contributed by atoms with Crippen LogP contribution in [0.3, 0.4) is 0 Å². The van der Waals surface area contributed by atoms with E-state index in [2.05, 4.69) is 37.4 Å². The quantitative estimate of drug-likeness (QED) is 0.899. The number of halogens is 1. The SMILES string of the molecule is CNC(Cc1c(C)cccc1C)c1ccc(OC)c(F)c1. The molecule has 21 heavy (non-hydrogen) atoms. The van der Waals surface area contributed by atoms with Crippen molar-refractivity contribution in [1.29, 1.82) is 0 Å². The molecule has 0 bridgehead atoms. The van der Waals surface area contributed by atoms with Crippen molar-refractivity contribution in [2.45, 2.75) is 26.3 Å². The molecule has 112 valence electrons. The van der Waals surface area contributed by atoms with Gasteiger partial charge in [-0.15, -0.1) is 0 Å². The number of aryl methyl sites for hydroxylation is 2. The average molecular weight is 287 g/mol. The molecule has 0 amide bonds. The molecule has 0 aliphatic carbocycles. The minimum Gasteiger partial charge on any atom is -0.494 e. The lowest BCUT2D eigenvalue weighted by molar-refractivity contribution is 0.385. The Balaban J connectivity index is 2.30. The highest BCUT2D eigenvalue weighted by Gasteiger charge is 2.15. The van der Waals surface area contributed by atoms with E-state index in [4.69, 9.17) is 4.74 Å². The first-order valence-corrected chi connectivity index (χ1v) is 7.12. The summed E-state index contributed by atoms with van der Waals surface area (Å²) in [7, 11) is 3.38. The van der Waals surface area contributed by atoms with E-state index in [9.17, 15) is 4.39 Å². The van der Waals surface area contributed by atoms with Crippen LogP contribution in [0.25, 0.3) is 0 Å². The molecule has 0 aliphatic heterocycles. The number of methoxy groups -OCH3 is 1. The van der Waals surface area contributed by atoms with Gasteiger partial charge in [-0.2, -0.15) is 0 Å². The van der Waals surface area contributed by atoms with E-state index in [0.717, 1.165) is 12.0 Å². The van der Waals surface area contributed by atoms with Crippen LogP contribution in [0, 0.1) is 19.7 Å². The molecule has 0 saturated heterocycles. The van der Waals surface area contributed by atoms with Gasteiger partial charge in [0.2, 0.25) is 0 Å². The summed E-state index contributed by atoms with van der Waals surface area (Å²) in [6.45, 7) is 4.23. The predicted octanol–water partition coefficient (Wildman–Crippen LogP) is 3.95. The first-order chi connectivity index (χ1) is 10.1. The standard InChI is InChI=1S/C18H22FNO/c1-12-6-5-7-13(2)15(12)11-17(20-3)14-8-9-18(21-4)16(19)10-14/h5-10,17,20H,11H2,1-4H3. The second-order valence-electron chi connectivity index (χ2n) is 5.31. The van der Waals surface area contributed by atoms with Crippen molar-refractivity contribution in [2.75, 3.05) is 14.2 Å². The van der Waals surface area contributed by atoms with Crippen molar-refractivity contribution < 1.29 is 9.13 Å². The highest BCUT2D eigenvalue weighted by atomic mass is 19.1. The van der Waals surface area contributed by atoms with Gasteiger partial charge in [-0.3, -0.25) is 0 Å². The molecule has 0 heterocycles. The lowest BCUT2D eigenvalue weighted by Crippen LogP contribution is -2.20. The maximum absolute atomic E-state index is 13.9. The van der Waals surface area contributed by atoms with Gasteiger partial charge in [-0.1, -0.05) is 24.3 Å². The van der Waals surface area contributed by atoms with Gasteiger partial charge in [-0.25, -0.2) is 4.39 Å². The van der Waals surface area contributed by atoms with Crippen LogP contribution in [-0.4, -0.2) is 14.2 Å². The van der Waals surface area contributed by atoms with Crippen molar-refractivity contribution in [3.8, 4) is 5.75 Å². The summed E-state index contributed by atoms with van der Waals surface area (Å²) in [5.74, 6) is -0.0440. The van der Waals surface area contributed by atoms with Crippen molar-refractivity contribution in [2.24, 2.45) is 0 Å². The summed E-state index contributed by atoms with van der Waals surface area (Å²) in [5.41, 5.74) is 4.78. The molecule has 2 nitrogen and oxygen atoms in total. The van der Waals surface area contributed by atoms with E-state index in [1.54, 1.807) is 12.1 Å². The number of benzene rings is 2. The molecular weight excluding hydrogens is 265 g/mol.